The fourth-order valence-corrected chi connectivity index (χ4v) is 11.4. The molecule has 0 bridgehead atoms. The van der Waals surface area contributed by atoms with Gasteiger partial charge in [0.05, 0.1) is 17.7 Å². The summed E-state index contributed by atoms with van der Waals surface area (Å²) in [5.74, 6) is 4.89. The summed E-state index contributed by atoms with van der Waals surface area (Å²) >= 11 is 3.51. The van der Waals surface area contributed by atoms with Gasteiger partial charge >= 0.3 is 0 Å². The normalized spacial score (nSPS) is 11.9. The number of alkyl halides is 1. The van der Waals surface area contributed by atoms with Crippen LogP contribution < -0.4 is 4.74 Å². The Bertz CT molecular complexity index is 4010. The zero-order valence-electron chi connectivity index (χ0n) is 48.7. The van der Waals surface area contributed by atoms with Gasteiger partial charge in [-0.15, -0.1) is 0 Å². The van der Waals surface area contributed by atoms with Gasteiger partial charge < -0.3 is 20.1 Å². The number of ether oxygens (including phenoxy) is 1. The highest BCUT2D eigenvalue weighted by Crippen LogP contribution is 2.38. The molecular weight excluding hydrogens is 1120 g/mol. The molecule has 2 unspecified atom stereocenters. The van der Waals surface area contributed by atoms with Gasteiger partial charge in [-0.3, -0.25) is 0 Å². The van der Waals surface area contributed by atoms with Crippen LogP contribution in [0.25, 0.3) is 111 Å². The average molecular weight is 1190 g/mol. The Labute approximate surface area is 506 Å². The van der Waals surface area contributed by atoms with E-state index in [0.717, 1.165) is 84.1 Å². The van der Waals surface area contributed by atoms with Gasteiger partial charge in [0, 0.05) is 39.7 Å². The molecule has 0 radical (unpaired) electrons. The largest absolute Gasteiger partial charge is 0.508 e. The SMILES string of the molecule is CCCCC(CC)CBr.CCCCC(CC)COc1ccc(-c2nc(-c3cccc4ccccc34)nc(-c3cccc4ccccc34)n2)c(O)c1.Oc1ccc(-c2nc(-c3cccc4ccccc34)nc(-c3cccc4ccccc34)n2)c(O)c1. The van der Waals surface area contributed by atoms with E-state index in [1.165, 1.54) is 56.0 Å². The first-order chi connectivity index (χ1) is 41.7. The molecule has 2 atom stereocenters. The molecule has 3 N–H and O–H groups in total. The molecule has 2 heterocycles. The lowest BCUT2D eigenvalue weighted by molar-refractivity contribution is 0.232. The van der Waals surface area contributed by atoms with Crippen LogP contribution in [-0.4, -0.2) is 57.2 Å². The van der Waals surface area contributed by atoms with Crippen molar-refractivity contribution in [3.8, 4) is 91.3 Å². The molecule has 10 nitrogen and oxygen atoms in total. The maximum Gasteiger partial charge on any atom is 0.167 e. The van der Waals surface area contributed by atoms with Crippen molar-refractivity contribution < 1.29 is 20.1 Å². The van der Waals surface area contributed by atoms with E-state index < -0.39 is 0 Å². The summed E-state index contributed by atoms with van der Waals surface area (Å²) in [7, 11) is 0. The van der Waals surface area contributed by atoms with Crippen molar-refractivity contribution in [2.75, 3.05) is 11.9 Å². The van der Waals surface area contributed by atoms with Crippen LogP contribution in [-0.2, 0) is 0 Å². The van der Waals surface area contributed by atoms with Gasteiger partial charge in [0.15, 0.2) is 34.9 Å². The molecule has 12 aromatic rings. The van der Waals surface area contributed by atoms with Crippen LogP contribution in [0.3, 0.4) is 0 Å². The number of aromatic hydroxyl groups is 3. The number of benzene rings is 10. The van der Waals surface area contributed by atoms with Crippen LogP contribution in [0.1, 0.15) is 79.1 Å². The van der Waals surface area contributed by atoms with Gasteiger partial charge in [-0.05, 0) is 92.0 Å². The smallest absolute Gasteiger partial charge is 0.167 e. The Balaban J connectivity index is 0.000000168. The van der Waals surface area contributed by atoms with Crippen molar-refractivity contribution in [3.05, 3.63) is 206 Å². The average Bonchev–Trinajstić information content (AvgIpc) is 3.71. The zero-order valence-corrected chi connectivity index (χ0v) is 50.3. The van der Waals surface area contributed by atoms with Crippen LogP contribution in [0, 0.1) is 11.8 Å². The van der Waals surface area contributed by atoms with Crippen LogP contribution in [0.4, 0.5) is 0 Å². The standard InChI is InChI=1S/C37H35N3O2.C29H19N3O2.C8H17Br/c1-3-5-12-25(4-2)24-42-28-21-22-33(34(41)23-28)37-39-35(31-19-10-15-26-13-6-8-17-29(26)31)38-36(40-37)32-20-11-16-27-14-7-9-18-30(27)32;33-20-15-16-25(26(34)17-20)29-31-27(23-13-5-9-18-7-1-3-11-21(18)23)30-28(32-29)24-14-6-10-19-8-2-4-12-22(19)24;1-3-5-6-8(4-2)7-9/h6-11,13-23,25,41H,3-5,12,24H2,1-2H3;1-17,33-34H;8H,3-7H2,1-2H3. The molecule has 11 heteroatoms. The molecule has 0 saturated heterocycles. The maximum absolute atomic E-state index is 11.2. The first kappa shape index (κ1) is 59.1. The van der Waals surface area contributed by atoms with Crippen LogP contribution in [0.15, 0.2) is 206 Å². The maximum atomic E-state index is 11.2. The third-order valence-corrected chi connectivity index (χ3v) is 16.5. The Hall–Kier alpha value is -9.06. The van der Waals surface area contributed by atoms with Crippen molar-refractivity contribution in [2.45, 2.75) is 79.1 Å². The number of fused-ring (bicyclic) bond motifs is 4. The van der Waals surface area contributed by atoms with E-state index in [2.05, 4.69) is 104 Å². The molecule has 0 aliphatic rings. The molecule has 12 rings (SSSR count). The monoisotopic (exact) mass is 1190 g/mol. The second-order valence-corrected chi connectivity index (χ2v) is 22.0. The number of phenols is 3. The fourth-order valence-electron chi connectivity index (χ4n) is 10.7. The van der Waals surface area contributed by atoms with Gasteiger partial charge in [0.2, 0.25) is 0 Å². The molecule has 0 amide bonds. The van der Waals surface area contributed by atoms with Crippen molar-refractivity contribution in [1.82, 2.24) is 29.9 Å². The Kier molecular flexibility index (Phi) is 19.8. The predicted octanol–water partition coefficient (Wildman–Crippen LogP) is 19.7. The zero-order chi connectivity index (χ0) is 59.1. The van der Waals surface area contributed by atoms with Crippen molar-refractivity contribution >= 4 is 59.0 Å². The van der Waals surface area contributed by atoms with Crippen molar-refractivity contribution in [3.63, 3.8) is 0 Å². The molecule has 0 fully saturated rings. The Morgan fingerprint density at radius 2 is 0.694 bits per heavy atom. The quantitative estimate of drug-likeness (QED) is 0.0710. The highest BCUT2D eigenvalue weighted by atomic mass is 79.9. The number of halogens is 1. The van der Waals surface area contributed by atoms with Crippen molar-refractivity contribution in [1.29, 1.82) is 0 Å². The Morgan fingerprint density at radius 1 is 0.365 bits per heavy atom. The van der Waals surface area contributed by atoms with Gasteiger partial charge in [-0.25, -0.2) is 29.9 Å². The summed E-state index contributed by atoms with van der Waals surface area (Å²) in [6.07, 6.45) is 10.1. The number of nitrogens with zero attached hydrogens (tertiary/aromatic N) is 6. The van der Waals surface area contributed by atoms with Gasteiger partial charge in [0.1, 0.15) is 23.0 Å². The second kappa shape index (κ2) is 28.5. The highest BCUT2D eigenvalue weighted by molar-refractivity contribution is 9.09. The second-order valence-electron chi connectivity index (χ2n) is 21.4. The van der Waals surface area contributed by atoms with E-state index in [9.17, 15) is 15.3 Å². The molecule has 10 aromatic carbocycles. The number of hydrogen-bond acceptors (Lipinski definition) is 10. The summed E-state index contributed by atoms with van der Waals surface area (Å²) in [6, 6.07) is 66.8. The summed E-state index contributed by atoms with van der Waals surface area (Å²) < 4.78 is 6.10. The molecule has 85 heavy (non-hydrogen) atoms. The molecule has 0 saturated carbocycles. The first-order valence-electron chi connectivity index (χ1n) is 29.7. The number of rotatable bonds is 18. The van der Waals surface area contributed by atoms with Crippen LogP contribution in [0.5, 0.6) is 23.0 Å². The molecule has 0 aliphatic heterocycles. The lowest BCUT2D eigenvalue weighted by atomic mass is 10.0. The van der Waals surface area contributed by atoms with Crippen molar-refractivity contribution in [2.24, 2.45) is 11.8 Å². The van der Waals surface area contributed by atoms with Gasteiger partial charge in [-0.1, -0.05) is 252 Å². The molecule has 2 aromatic heterocycles. The topological polar surface area (TPSA) is 147 Å². The summed E-state index contributed by atoms with van der Waals surface area (Å²) in [5.41, 5.74) is 4.53. The minimum Gasteiger partial charge on any atom is -0.508 e. The third kappa shape index (κ3) is 14.1. The molecule has 0 aliphatic carbocycles. The number of unbranched alkanes of at least 4 members (excludes halogenated alkanes) is 2. The van der Waals surface area contributed by atoms with E-state index >= 15 is 0 Å². The minimum absolute atomic E-state index is 0.0288. The predicted molar refractivity (Wildman–Crippen MR) is 353 cm³/mol. The van der Waals surface area contributed by atoms with E-state index in [4.69, 9.17) is 34.6 Å². The summed E-state index contributed by atoms with van der Waals surface area (Å²) in [5, 5.41) is 41.3. The highest BCUT2D eigenvalue weighted by Gasteiger charge is 2.20. The summed E-state index contributed by atoms with van der Waals surface area (Å²) in [6.45, 7) is 9.56. The van der Waals surface area contributed by atoms with Crippen LogP contribution >= 0.6 is 15.9 Å². The van der Waals surface area contributed by atoms with Crippen LogP contribution in [0.2, 0.25) is 0 Å². The van der Waals surface area contributed by atoms with Gasteiger partial charge in [0.25, 0.3) is 0 Å². The van der Waals surface area contributed by atoms with E-state index in [-0.39, 0.29) is 17.2 Å². The number of phenolic OH excluding ortho intramolecular Hbond substituents is 3. The van der Waals surface area contributed by atoms with E-state index in [0.29, 0.717) is 64.3 Å². The van der Waals surface area contributed by atoms with E-state index in [1.54, 1.807) is 12.1 Å². The minimum atomic E-state index is -0.0982. The van der Waals surface area contributed by atoms with E-state index in [1.807, 2.05) is 121 Å². The fraction of sp³-hybridized carbons (Fsp3) is 0.216. The first-order valence-corrected chi connectivity index (χ1v) is 30.8. The molecular formula is C74H71BrN6O4. The lowest BCUT2D eigenvalue weighted by Crippen LogP contribution is -2.11. The Morgan fingerprint density at radius 3 is 1.04 bits per heavy atom. The molecule has 428 valence electrons. The summed E-state index contributed by atoms with van der Waals surface area (Å²) in [4.78, 5) is 29.2. The van der Waals surface area contributed by atoms with Gasteiger partial charge in [-0.2, -0.15) is 0 Å². The number of hydrogen-bond donors (Lipinski definition) is 3. The lowest BCUT2D eigenvalue weighted by Gasteiger charge is -2.16. The third-order valence-electron chi connectivity index (χ3n) is 15.6. The molecule has 0 spiro atoms. The number of aromatic nitrogens is 6.